The normalized spacial score (nSPS) is 27.2. The molecule has 0 spiro atoms. The average Bonchev–Trinajstić information content (AvgIpc) is 2.74. The number of rotatable bonds is 4. The van der Waals surface area contributed by atoms with E-state index >= 15 is 0 Å². The first kappa shape index (κ1) is 22.4. The summed E-state index contributed by atoms with van der Waals surface area (Å²) in [6.45, 7) is 1.85. The highest BCUT2D eigenvalue weighted by molar-refractivity contribution is 8.14. The fourth-order valence-electron chi connectivity index (χ4n) is 4.39. The van der Waals surface area contributed by atoms with Crippen LogP contribution in [0.2, 0.25) is 0 Å². The van der Waals surface area contributed by atoms with Gasteiger partial charge in [-0.2, -0.15) is 0 Å². The van der Waals surface area contributed by atoms with E-state index in [-0.39, 0.29) is 35.7 Å². The SMILES string of the molecule is C[C@H]1SC(NC(=O)c2ccccc2)=N[C@@]2(c3ccc(F)cc3F)CO[C@@H](CC(=O)O)C[C@@H]12. The molecule has 0 aromatic heterocycles. The van der Waals surface area contributed by atoms with Gasteiger partial charge in [0.2, 0.25) is 0 Å². The maximum atomic E-state index is 14.9. The largest absolute Gasteiger partial charge is 0.481 e. The molecular weight excluding hydrogens is 438 g/mol. The van der Waals surface area contributed by atoms with Crippen LogP contribution in [0, 0.1) is 17.6 Å². The Hall–Kier alpha value is -2.78. The van der Waals surface area contributed by atoms with Crippen molar-refractivity contribution in [2.45, 2.75) is 36.7 Å². The second kappa shape index (κ2) is 8.99. The molecule has 0 saturated carbocycles. The minimum absolute atomic E-state index is 0.0756. The van der Waals surface area contributed by atoms with Crippen LogP contribution in [0.3, 0.4) is 0 Å². The quantitative estimate of drug-likeness (QED) is 0.721. The number of carbonyl (C=O) groups excluding carboxylic acids is 1. The van der Waals surface area contributed by atoms with Gasteiger partial charge < -0.3 is 15.2 Å². The summed E-state index contributed by atoms with van der Waals surface area (Å²) in [5, 5.41) is 12.1. The highest BCUT2D eigenvalue weighted by atomic mass is 32.2. The number of aliphatic imine (C=N–C) groups is 1. The van der Waals surface area contributed by atoms with Gasteiger partial charge >= 0.3 is 5.97 Å². The summed E-state index contributed by atoms with van der Waals surface area (Å²) in [6, 6.07) is 12.0. The summed E-state index contributed by atoms with van der Waals surface area (Å²) < 4.78 is 34.4. The Bertz CT molecular complexity index is 1070. The van der Waals surface area contributed by atoms with Crippen LogP contribution in [0.4, 0.5) is 8.78 Å². The summed E-state index contributed by atoms with van der Waals surface area (Å²) in [7, 11) is 0. The van der Waals surface area contributed by atoms with Crippen LogP contribution in [0.15, 0.2) is 53.5 Å². The Balaban J connectivity index is 1.73. The Morgan fingerprint density at radius 2 is 2.00 bits per heavy atom. The van der Waals surface area contributed by atoms with Crippen LogP contribution in [0.5, 0.6) is 0 Å². The zero-order valence-electron chi connectivity index (χ0n) is 17.3. The lowest BCUT2D eigenvalue weighted by Crippen LogP contribution is -2.54. The molecule has 32 heavy (non-hydrogen) atoms. The number of aliphatic carboxylic acids is 1. The highest BCUT2D eigenvalue weighted by Crippen LogP contribution is 2.50. The van der Waals surface area contributed by atoms with Gasteiger partial charge in [0.1, 0.15) is 17.2 Å². The number of fused-ring (bicyclic) bond motifs is 1. The van der Waals surface area contributed by atoms with Crippen LogP contribution in [0.25, 0.3) is 0 Å². The van der Waals surface area contributed by atoms with Gasteiger partial charge in [-0.25, -0.2) is 13.8 Å². The first-order chi connectivity index (χ1) is 15.3. The molecule has 1 fully saturated rings. The van der Waals surface area contributed by atoms with Gasteiger partial charge in [-0.15, -0.1) is 0 Å². The molecule has 0 unspecified atom stereocenters. The van der Waals surface area contributed by atoms with E-state index in [2.05, 4.69) is 5.32 Å². The van der Waals surface area contributed by atoms with E-state index in [1.54, 1.807) is 30.3 Å². The van der Waals surface area contributed by atoms with Crippen molar-refractivity contribution in [3.63, 3.8) is 0 Å². The third-order valence-electron chi connectivity index (χ3n) is 5.89. The number of halogens is 2. The predicted octanol–water partition coefficient (Wildman–Crippen LogP) is 3.96. The third-order valence-corrected chi connectivity index (χ3v) is 7.01. The van der Waals surface area contributed by atoms with Gasteiger partial charge in [0.15, 0.2) is 5.17 Å². The number of carbonyl (C=O) groups is 2. The maximum Gasteiger partial charge on any atom is 0.305 e. The summed E-state index contributed by atoms with van der Waals surface area (Å²) in [5.74, 6) is -3.07. The molecule has 2 heterocycles. The van der Waals surface area contributed by atoms with Crippen LogP contribution in [-0.4, -0.2) is 40.1 Å². The molecule has 9 heteroatoms. The maximum absolute atomic E-state index is 14.9. The number of carboxylic acid groups (broad SMARTS) is 1. The lowest BCUT2D eigenvalue weighted by Gasteiger charge is -2.49. The van der Waals surface area contributed by atoms with E-state index in [1.807, 2.05) is 6.92 Å². The predicted molar refractivity (Wildman–Crippen MR) is 117 cm³/mol. The first-order valence-electron chi connectivity index (χ1n) is 10.2. The molecule has 0 bridgehead atoms. The molecule has 2 aromatic carbocycles. The third kappa shape index (κ3) is 4.40. The van der Waals surface area contributed by atoms with Gasteiger partial charge in [0, 0.05) is 28.4 Å². The van der Waals surface area contributed by atoms with Crippen LogP contribution >= 0.6 is 11.8 Å². The Labute approximate surface area is 188 Å². The monoisotopic (exact) mass is 460 g/mol. The molecule has 0 radical (unpaired) electrons. The van der Waals surface area contributed by atoms with E-state index in [0.717, 1.165) is 12.1 Å². The van der Waals surface area contributed by atoms with Gasteiger partial charge in [-0.05, 0) is 24.6 Å². The van der Waals surface area contributed by atoms with Crippen molar-refractivity contribution in [2.75, 3.05) is 6.61 Å². The summed E-state index contributed by atoms with van der Waals surface area (Å²) in [5.41, 5.74) is -0.596. The zero-order valence-corrected chi connectivity index (χ0v) is 18.1. The van der Waals surface area contributed by atoms with Crippen molar-refractivity contribution in [1.82, 2.24) is 5.32 Å². The van der Waals surface area contributed by atoms with Gasteiger partial charge in [0.05, 0.1) is 19.1 Å². The number of hydrogen-bond donors (Lipinski definition) is 2. The van der Waals surface area contributed by atoms with Crippen LogP contribution in [-0.2, 0) is 15.1 Å². The molecule has 2 aromatic rings. The van der Waals surface area contributed by atoms with Gasteiger partial charge in [-0.3, -0.25) is 9.59 Å². The van der Waals surface area contributed by atoms with E-state index in [0.29, 0.717) is 17.2 Å². The van der Waals surface area contributed by atoms with Crippen molar-refractivity contribution in [3.8, 4) is 0 Å². The molecule has 4 atom stereocenters. The van der Waals surface area contributed by atoms with Gasteiger partial charge in [-0.1, -0.05) is 43.0 Å². The molecule has 0 aliphatic carbocycles. The average molecular weight is 461 g/mol. The van der Waals surface area contributed by atoms with E-state index < -0.39 is 29.2 Å². The smallest absolute Gasteiger partial charge is 0.305 e. The lowest BCUT2D eigenvalue weighted by molar-refractivity contribution is -0.143. The van der Waals surface area contributed by atoms with Crippen LogP contribution in [0.1, 0.15) is 35.7 Å². The van der Waals surface area contributed by atoms with Crippen molar-refractivity contribution in [1.29, 1.82) is 0 Å². The Kier molecular flexibility index (Phi) is 6.30. The van der Waals surface area contributed by atoms with Crippen LogP contribution < -0.4 is 5.32 Å². The number of amides is 1. The number of benzene rings is 2. The number of nitrogens with one attached hydrogen (secondary N) is 1. The van der Waals surface area contributed by atoms with Crippen molar-refractivity contribution in [2.24, 2.45) is 10.9 Å². The molecule has 6 nitrogen and oxygen atoms in total. The number of hydrogen-bond acceptors (Lipinski definition) is 5. The molecule has 2 N–H and O–H groups in total. The molecule has 1 amide bonds. The van der Waals surface area contributed by atoms with Crippen molar-refractivity contribution >= 4 is 28.8 Å². The first-order valence-corrected chi connectivity index (χ1v) is 11.1. The molecular formula is C23H22F2N2O4S. The number of nitrogens with zero attached hydrogens (tertiary/aromatic N) is 1. The fourth-order valence-corrected chi connectivity index (χ4v) is 5.61. The van der Waals surface area contributed by atoms with Crippen molar-refractivity contribution < 1.29 is 28.2 Å². The second-order valence-electron chi connectivity index (χ2n) is 7.98. The molecule has 1 saturated heterocycles. The molecule has 4 rings (SSSR count). The van der Waals surface area contributed by atoms with Gasteiger partial charge in [0.25, 0.3) is 5.91 Å². The van der Waals surface area contributed by atoms with Crippen molar-refractivity contribution in [3.05, 3.63) is 71.3 Å². The zero-order chi connectivity index (χ0) is 22.9. The number of amidine groups is 1. The van der Waals surface area contributed by atoms with E-state index in [4.69, 9.17) is 9.73 Å². The summed E-state index contributed by atoms with van der Waals surface area (Å²) in [4.78, 5) is 28.6. The second-order valence-corrected chi connectivity index (χ2v) is 9.35. The minimum Gasteiger partial charge on any atom is -0.481 e. The molecule has 168 valence electrons. The van der Waals surface area contributed by atoms with E-state index in [9.17, 15) is 23.5 Å². The topological polar surface area (TPSA) is 88.0 Å². The summed E-state index contributed by atoms with van der Waals surface area (Å²) >= 11 is 1.34. The molecule has 2 aliphatic heterocycles. The standard InChI is InChI=1S/C23H22F2N2O4S/c1-13-18-10-16(11-20(28)29)31-12-23(18,17-8-7-15(24)9-19(17)25)27-22(32-13)26-21(30)14-5-3-2-4-6-14/h2-9,13,16,18H,10-12H2,1H3,(H,28,29)(H,26,27,30)/t13-,16-,18+,23-/m1/s1. The fraction of sp³-hybridized carbons (Fsp3) is 0.348. The number of ether oxygens (including phenoxy) is 1. The van der Waals surface area contributed by atoms with E-state index in [1.165, 1.54) is 17.8 Å². The Morgan fingerprint density at radius 1 is 1.25 bits per heavy atom. The Morgan fingerprint density at radius 3 is 2.69 bits per heavy atom. The minimum atomic E-state index is -1.21. The highest BCUT2D eigenvalue weighted by Gasteiger charge is 2.52. The molecule has 2 aliphatic rings. The lowest BCUT2D eigenvalue weighted by atomic mass is 9.72. The number of carboxylic acids is 1. The number of thioether (sulfide) groups is 1. The summed E-state index contributed by atoms with van der Waals surface area (Å²) in [6.07, 6.45) is -0.356.